The van der Waals surface area contributed by atoms with Crippen molar-refractivity contribution in [1.82, 2.24) is 10.6 Å². The van der Waals surface area contributed by atoms with E-state index in [0.29, 0.717) is 6.42 Å². The molecular formula is C15H14N2O3. The van der Waals surface area contributed by atoms with Gasteiger partial charge in [-0.1, -0.05) is 24.3 Å². The fourth-order valence-electron chi connectivity index (χ4n) is 2.44. The molecule has 1 saturated heterocycles. The second-order valence-electron chi connectivity index (χ2n) is 4.72. The van der Waals surface area contributed by atoms with Crippen LogP contribution < -0.4 is 15.4 Å². The number of imide groups is 1. The van der Waals surface area contributed by atoms with Crippen LogP contribution in [0, 0.1) is 0 Å². The van der Waals surface area contributed by atoms with Gasteiger partial charge >= 0.3 is 6.03 Å². The van der Waals surface area contributed by atoms with Crippen molar-refractivity contribution in [3.63, 3.8) is 0 Å². The first-order valence-electron chi connectivity index (χ1n) is 6.34. The molecule has 0 saturated carbocycles. The summed E-state index contributed by atoms with van der Waals surface area (Å²) in [6.45, 7) is 0. The van der Waals surface area contributed by atoms with Crippen LogP contribution in [0.1, 0.15) is 5.56 Å². The van der Waals surface area contributed by atoms with Crippen molar-refractivity contribution in [2.45, 2.75) is 12.5 Å². The van der Waals surface area contributed by atoms with Crippen LogP contribution in [0.2, 0.25) is 0 Å². The van der Waals surface area contributed by atoms with Gasteiger partial charge in [-0.15, -0.1) is 0 Å². The minimum Gasteiger partial charge on any atom is -0.497 e. The Hall–Kier alpha value is -2.56. The van der Waals surface area contributed by atoms with E-state index in [9.17, 15) is 9.59 Å². The van der Waals surface area contributed by atoms with Crippen LogP contribution in [0.5, 0.6) is 5.75 Å². The van der Waals surface area contributed by atoms with Crippen LogP contribution in [0.3, 0.4) is 0 Å². The molecular weight excluding hydrogens is 256 g/mol. The Labute approximate surface area is 115 Å². The largest absolute Gasteiger partial charge is 0.497 e. The zero-order chi connectivity index (χ0) is 14.1. The van der Waals surface area contributed by atoms with Gasteiger partial charge in [0.05, 0.1) is 7.11 Å². The Kier molecular flexibility index (Phi) is 3.02. The van der Waals surface area contributed by atoms with Gasteiger partial charge in [-0.3, -0.25) is 10.1 Å². The second-order valence-corrected chi connectivity index (χ2v) is 4.72. The fraction of sp³-hybridized carbons (Fsp3) is 0.200. The summed E-state index contributed by atoms with van der Waals surface area (Å²) < 4.78 is 5.24. The van der Waals surface area contributed by atoms with Crippen LogP contribution in [0.15, 0.2) is 36.4 Å². The lowest BCUT2D eigenvalue weighted by molar-refractivity contribution is -0.120. The number of carbonyl (C=O) groups is 2. The Bertz CT molecular complexity index is 697. The highest BCUT2D eigenvalue weighted by Crippen LogP contribution is 2.25. The molecule has 102 valence electrons. The minimum atomic E-state index is -0.515. The van der Waals surface area contributed by atoms with Gasteiger partial charge in [0.25, 0.3) is 5.91 Å². The maximum absolute atomic E-state index is 11.6. The van der Waals surface area contributed by atoms with Crippen LogP contribution in [0.25, 0.3) is 10.8 Å². The zero-order valence-electron chi connectivity index (χ0n) is 11.0. The molecule has 0 bridgehead atoms. The number of ether oxygens (including phenoxy) is 1. The van der Waals surface area contributed by atoms with Crippen molar-refractivity contribution in [3.8, 4) is 5.75 Å². The lowest BCUT2D eigenvalue weighted by Gasteiger charge is -2.11. The molecule has 1 unspecified atom stereocenters. The molecule has 0 radical (unpaired) electrons. The predicted molar refractivity (Wildman–Crippen MR) is 74.7 cm³/mol. The summed E-state index contributed by atoms with van der Waals surface area (Å²) in [6, 6.07) is 10.8. The van der Waals surface area contributed by atoms with E-state index in [1.165, 1.54) is 0 Å². The van der Waals surface area contributed by atoms with E-state index in [1.54, 1.807) is 7.11 Å². The smallest absolute Gasteiger partial charge is 0.322 e. The highest BCUT2D eigenvalue weighted by molar-refractivity contribution is 6.04. The highest BCUT2D eigenvalue weighted by Gasteiger charge is 2.29. The van der Waals surface area contributed by atoms with E-state index in [4.69, 9.17) is 4.74 Å². The monoisotopic (exact) mass is 270 g/mol. The molecule has 2 aromatic rings. The summed E-state index contributed by atoms with van der Waals surface area (Å²) in [7, 11) is 1.62. The standard InChI is InChI=1S/C15H14N2O3/c1-20-11-6-5-9-3-2-4-10(12(9)8-11)7-13-14(18)17-15(19)16-13/h2-6,8,13H,7H2,1H3,(H2,16,17,18,19). The first-order valence-corrected chi connectivity index (χ1v) is 6.34. The lowest BCUT2D eigenvalue weighted by Crippen LogP contribution is -2.31. The van der Waals surface area contributed by atoms with Crippen LogP contribution >= 0.6 is 0 Å². The van der Waals surface area contributed by atoms with Gasteiger partial charge in [-0.05, 0) is 28.5 Å². The lowest BCUT2D eigenvalue weighted by atomic mass is 9.98. The Morgan fingerprint density at radius 1 is 1.20 bits per heavy atom. The minimum absolute atomic E-state index is 0.283. The summed E-state index contributed by atoms with van der Waals surface area (Å²) >= 11 is 0. The van der Waals surface area contributed by atoms with Gasteiger partial charge in [0.2, 0.25) is 0 Å². The van der Waals surface area contributed by atoms with Gasteiger partial charge in [0, 0.05) is 6.42 Å². The molecule has 1 atom stereocenters. The van der Waals surface area contributed by atoms with Gasteiger partial charge < -0.3 is 10.1 Å². The number of rotatable bonds is 3. The average molecular weight is 270 g/mol. The number of nitrogens with one attached hydrogen (secondary N) is 2. The third-order valence-corrected chi connectivity index (χ3v) is 3.46. The summed E-state index contributed by atoms with van der Waals surface area (Å²) in [5, 5.41) is 6.96. The summed E-state index contributed by atoms with van der Waals surface area (Å²) in [4.78, 5) is 22.8. The van der Waals surface area contributed by atoms with Crippen molar-refractivity contribution >= 4 is 22.7 Å². The molecule has 3 amide bonds. The number of carbonyl (C=O) groups excluding carboxylic acids is 2. The number of benzene rings is 2. The van der Waals surface area contributed by atoms with E-state index in [0.717, 1.165) is 22.1 Å². The Morgan fingerprint density at radius 3 is 2.75 bits per heavy atom. The van der Waals surface area contributed by atoms with Gasteiger partial charge in [-0.25, -0.2) is 4.79 Å². The Morgan fingerprint density at radius 2 is 2.05 bits per heavy atom. The molecule has 5 heteroatoms. The van der Waals surface area contributed by atoms with Crippen LogP contribution in [-0.4, -0.2) is 25.1 Å². The van der Waals surface area contributed by atoms with E-state index in [-0.39, 0.29) is 5.91 Å². The van der Waals surface area contributed by atoms with Gasteiger partial charge in [0.1, 0.15) is 11.8 Å². The first kappa shape index (κ1) is 12.5. The molecule has 20 heavy (non-hydrogen) atoms. The molecule has 0 aliphatic carbocycles. The molecule has 1 heterocycles. The van der Waals surface area contributed by atoms with E-state index in [2.05, 4.69) is 10.6 Å². The second kappa shape index (κ2) is 4.85. The SMILES string of the molecule is COc1ccc2cccc(CC3NC(=O)NC3=O)c2c1. The molecule has 3 rings (SSSR count). The van der Waals surface area contributed by atoms with Crippen molar-refractivity contribution in [1.29, 1.82) is 0 Å². The summed E-state index contributed by atoms with van der Waals surface area (Å²) in [6.07, 6.45) is 0.460. The van der Waals surface area contributed by atoms with E-state index >= 15 is 0 Å². The molecule has 2 aromatic carbocycles. The molecule has 1 fully saturated rings. The highest BCUT2D eigenvalue weighted by atomic mass is 16.5. The maximum Gasteiger partial charge on any atom is 0.322 e. The third-order valence-electron chi connectivity index (χ3n) is 3.46. The molecule has 2 N–H and O–H groups in total. The van der Waals surface area contributed by atoms with Gasteiger partial charge in [0.15, 0.2) is 0 Å². The van der Waals surface area contributed by atoms with Crippen molar-refractivity contribution in [2.24, 2.45) is 0 Å². The number of methoxy groups -OCH3 is 1. The van der Waals surface area contributed by atoms with Crippen molar-refractivity contribution < 1.29 is 14.3 Å². The number of urea groups is 1. The molecule has 1 aliphatic heterocycles. The number of hydrogen-bond donors (Lipinski definition) is 2. The molecule has 5 nitrogen and oxygen atoms in total. The summed E-state index contributed by atoms with van der Waals surface area (Å²) in [5.74, 6) is 0.486. The van der Waals surface area contributed by atoms with Crippen molar-refractivity contribution in [2.75, 3.05) is 7.11 Å². The summed E-state index contributed by atoms with van der Waals surface area (Å²) in [5.41, 5.74) is 1.00. The molecule has 0 spiro atoms. The zero-order valence-corrected chi connectivity index (χ0v) is 11.0. The molecule has 0 aromatic heterocycles. The normalized spacial score (nSPS) is 17.9. The van der Waals surface area contributed by atoms with E-state index in [1.807, 2.05) is 36.4 Å². The average Bonchev–Trinajstić information content (AvgIpc) is 2.77. The Balaban J connectivity index is 1.98. The molecule has 1 aliphatic rings. The van der Waals surface area contributed by atoms with Gasteiger partial charge in [-0.2, -0.15) is 0 Å². The van der Waals surface area contributed by atoms with E-state index < -0.39 is 12.1 Å². The number of hydrogen-bond acceptors (Lipinski definition) is 3. The van der Waals surface area contributed by atoms with Crippen LogP contribution in [0.4, 0.5) is 4.79 Å². The van der Waals surface area contributed by atoms with Crippen molar-refractivity contribution in [3.05, 3.63) is 42.0 Å². The first-order chi connectivity index (χ1) is 9.67. The number of fused-ring (bicyclic) bond motifs is 1. The topological polar surface area (TPSA) is 67.4 Å². The fourth-order valence-corrected chi connectivity index (χ4v) is 2.44. The predicted octanol–water partition coefficient (Wildman–Crippen LogP) is 1.60. The number of amides is 3. The van der Waals surface area contributed by atoms with Crippen LogP contribution in [-0.2, 0) is 11.2 Å². The third kappa shape index (κ3) is 2.18. The quantitative estimate of drug-likeness (QED) is 0.832. The maximum atomic E-state index is 11.6.